The zero-order valence-electron chi connectivity index (χ0n) is 7.75. The number of ether oxygens (including phenoxy) is 1. The molecule has 0 fully saturated rings. The predicted molar refractivity (Wildman–Crippen MR) is 53.4 cm³/mol. The Morgan fingerprint density at radius 2 is 1.94 bits per heavy atom. The maximum atomic E-state index is 12.0. The Morgan fingerprint density at radius 1 is 1.19 bits per heavy atom. The minimum atomic E-state index is -4.75. The van der Waals surface area contributed by atoms with Gasteiger partial charge in [0.05, 0.1) is 5.02 Å². The number of aromatic nitrogens is 1. The number of hydrogen-bond donors (Lipinski definition) is 0. The molecule has 0 spiro atoms. The van der Waals surface area contributed by atoms with Crippen molar-refractivity contribution in [1.82, 2.24) is 4.98 Å². The summed E-state index contributed by atoms with van der Waals surface area (Å²) in [5.41, 5.74) is 0. The Bertz CT molecular complexity index is 527. The summed E-state index contributed by atoms with van der Waals surface area (Å²) in [6, 6.07) is 4.26. The molecule has 2 aromatic rings. The third kappa shape index (κ3) is 2.36. The molecule has 1 heterocycles. The van der Waals surface area contributed by atoms with Crippen LogP contribution in [-0.4, -0.2) is 11.3 Å². The average molecular weight is 248 g/mol. The summed E-state index contributed by atoms with van der Waals surface area (Å²) >= 11 is 5.66. The van der Waals surface area contributed by atoms with Crippen molar-refractivity contribution in [3.63, 3.8) is 0 Å². The van der Waals surface area contributed by atoms with Crippen LogP contribution in [0.4, 0.5) is 13.2 Å². The zero-order valence-corrected chi connectivity index (χ0v) is 8.51. The summed E-state index contributed by atoms with van der Waals surface area (Å²) in [5, 5.41) is 1.15. The molecule has 1 aromatic heterocycles. The van der Waals surface area contributed by atoms with Crippen molar-refractivity contribution in [3.05, 3.63) is 35.6 Å². The largest absolute Gasteiger partial charge is 0.573 e. The maximum Gasteiger partial charge on any atom is 0.573 e. The molecule has 0 saturated carbocycles. The lowest BCUT2D eigenvalue weighted by Crippen LogP contribution is -2.17. The number of hydrogen-bond acceptors (Lipinski definition) is 2. The fourth-order valence-electron chi connectivity index (χ4n) is 1.29. The molecule has 0 aliphatic carbocycles. The van der Waals surface area contributed by atoms with Crippen molar-refractivity contribution in [1.29, 1.82) is 0 Å². The highest BCUT2D eigenvalue weighted by atomic mass is 35.5. The number of alkyl halides is 3. The lowest BCUT2D eigenvalue weighted by atomic mass is 10.2. The molecule has 1 aromatic carbocycles. The van der Waals surface area contributed by atoms with Gasteiger partial charge in [-0.2, -0.15) is 0 Å². The normalized spacial score (nSPS) is 11.8. The Balaban J connectivity index is 2.50. The highest BCUT2D eigenvalue weighted by Gasteiger charge is 2.32. The molecular weight excluding hydrogens is 243 g/mol. The predicted octanol–water partition coefficient (Wildman–Crippen LogP) is 3.79. The lowest BCUT2D eigenvalue weighted by Gasteiger charge is -2.11. The van der Waals surface area contributed by atoms with Crippen LogP contribution >= 0.6 is 11.6 Å². The quantitative estimate of drug-likeness (QED) is 0.765. The first-order valence-electron chi connectivity index (χ1n) is 4.25. The maximum absolute atomic E-state index is 12.0. The van der Waals surface area contributed by atoms with Gasteiger partial charge < -0.3 is 4.74 Å². The number of pyridine rings is 1. The van der Waals surface area contributed by atoms with Crippen LogP contribution in [0.1, 0.15) is 0 Å². The fourth-order valence-corrected chi connectivity index (χ4v) is 1.50. The van der Waals surface area contributed by atoms with E-state index in [1.54, 1.807) is 6.07 Å². The molecule has 0 radical (unpaired) electrons. The Labute approximate surface area is 93.6 Å². The van der Waals surface area contributed by atoms with Crippen molar-refractivity contribution in [2.24, 2.45) is 0 Å². The molecule has 0 atom stereocenters. The van der Waals surface area contributed by atoms with Gasteiger partial charge >= 0.3 is 6.36 Å². The molecule has 0 amide bonds. The molecule has 6 heteroatoms. The van der Waals surface area contributed by atoms with E-state index in [9.17, 15) is 13.2 Å². The highest BCUT2D eigenvalue weighted by Crippen LogP contribution is 2.33. The molecular formula is C10H5ClF3NO. The van der Waals surface area contributed by atoms with Crippen molar-refractivity contribution in [3.8, 4) is 5.75 Å². The highest BCUT2D eigenvalue weighted by molar-refractivity contribution is 6.32. The van der Waals surface area contributed by atoms with Gasteiger partial charge in [0.25, 0.3) is 0 Å². The molecule has 0 unspecified atom stereocenters. The van der Waals surface area contributed by atoms with E-state index in [-0.39, 0.29) is 5.02 Å². The van der Waals surface area contributed by atoms with Gasteiger partial charge in [0, 0.05) is 17.8 Å². The number of halogens is 4. The number of nitrogens with zero attached hydrogens (tertiary/aromatic N) is 1. The number of benzene rings is 1. The monoisotopic (exact) mass is 247 g/mol. The Morgan fingerprint density at radius 3 is 2.62 bits per heavy atom. The molecule has 0 saturated heterocycles. The summed E-state index contributed by atoms with van der Waals surface area (Å²) in [4.78, 5) is 3.80. The fraction of sp³-hybridized carbons (Fsp3) is 0.100. The van der Waals surface area contributed by atoms with Crippen molar-refractivity contribution < 1.29 is 17.9 Å². The van der Waals surface area contributed by atoms with Gasteiger partial charge in [0.1, 0.15) is 5.75 Å². The molecule has 0 aliphatic heterocycles. The van der Waals surface area contributed by atoms with Crippen LogP contribution in [-0.2, 0) is 0 Å². The summed E-state index contributed by atoms with van der Waals surface area (Å²) in [6.07, 6.45) is -1.78. The lowest BCUT2D eigenvalue weighted by molar-refractivity contribution is -0.274. The summed E-state index contributed by atoms with van der Waals surface area (Å²) in [5.74, 6) is -0.422. The van der Waals surface area contributed by atoms with Gasteiger partial charge in [-0.3, -0.25) is 4.98 Å². The Hall–Kier alpha value is -1.49. The summed E-state index contributed by atoms with van der Waals surface area (Å²) in [6.45, 7) is 0. The van der Waals surface area contributed by atoms with Crippen LogP contribution in [0.3, 0.4) is 0 Å². The molecule has 0 bridgehead atoms. The molecule has 0 N–H and O–H groups in total. The topological polar surface area (TPSA) is 22.1 Å². The molecule has 2 rings (SSSR count). The van der Waals surface area contributed by atoms with Gasteiger partial charge in [-0.05, 0) is 23.6 Å². The van der Waals surface area contributed by atoms with Crippen molar-refractivity contribution in [2.75, 3.05) is 0 Å². The average Bonchev–Trinajstić information content (AvgIpc) is 2.17. The van der Waals surface area contributed by atoms with Gasteiger partial charge in [0.2, 0.25) is 0 Å². The smallest absolute Gasteiger partial charge is 0.404 e. The third-order valence-electron chi connectivity index (χ3n) is 1.92. The van der Waals surface area contributed by atoms with E-state index < -0.39 is 12.1 Å². The minimum absolute atomic E-state index is 0.0870. The first-order chi connectivity index (χ1) is 7.46. The summed E-state index contributed by atoms with van der Waals surface area (Å²) in [7, 11) is 0. The Kier molecular flexibility index (Phi) is 2.63. The van der Waals surface area contributed by atoms with E-state index in [4.69, 9.17) is 11.6 Å². The number of fused-ring (bicyclic) bond motifs is 1. The van der Waals surface area contributed by atoms with E-state index in [2.05, 4.69) is 9.72 Å². The van der Waals surface area contributed by atoms with E-state index >= 15 is 0 Å². The van der Waals surface area contributed by atoms with Crippen LogP contribution in [0.25, 0.3) is 10.8 Å². The van der Waals surface area contributed by atoms with Crippen molar-refractivity contribution in [2.45, 2.75) is 6.36 Å². The molecule has 0 aliphatic rings. The standard InChI is InChI=1S/C10H5ClF3NO/c11-8-3-6-1-2-15-5-7(6)4-9(8)16-10(12,13)14/h1-5H. The third-order valence-corrected chi connectivity index (χ3v) is 2.21. The van der Waals surface area contributed by atoms with Gasteiger partial charge in [0.15, 0.2) is 0 Å². The minimum Gasteiger partial charge on any atom is -0.404 e. The van der Waals surface area contributed by atoms with Crippen LogP contribution in [0.15, 0.2) is 30.6 Å². The van der Waals surface area contributed by atoms with Gasteiger partial charge in [-0.25, -0.2) is 0 Å². The van der Waals surface area contributed by atoms with Gasteiger partial charge in [-0.1, -0.05) is 11.6 Å². The first kappa shape index (κ1) is 11.0. The summed E-state index contributed by atoms with van der Waals surface area (Å²) < 4.78 is 39.9. The molecule has 2 nitrogen and oxygen atoms in total. The molecule has 16 heavy (non-hydrogen) atoms. The second-order valence-electron chi connectivity index (χ2n) is 3.05. The van der Waals surface area contributed by atoms with Crippen molar-refractivity contribution >= 4 is 22.4 Å². The van der Waals surface area contributed by atoms with E-state index in [1.807, 2.05) is 0 Å². The van der Waals surface area contributed by atoms with E-state index in [1.165, 1.54) is 24.5 Å². The zero-order chi connectivity index (χ0) is 11.8. The molecule has 84 valence electrons. The second-order valence-corrected chi connectivity index (χ2v) is 3.46. The van der Waals surface area contributed by atoms with Crippen LogP contribution in [0.5, 0.6) is 5.75 Å². The van der Waals surface area contributed by atoms with E-state index in [0.717, 1.165) is 0 Å². The van der Waals surface area contributed by atoms with E-state index in [0.29, 0.717) is 10.8 Å². The van der Waals surface area contributed by atoms with Crippen LogP contribution in [0, 0.1) is 0 Å². The van der Waals surface area contributed by atoms with Crippen LogP contribution in [0.2, 0.25) is 5.02 Å². The SMILES string of the molecule is FC(F)(F)Oc1cc2cnccc2cc1Cl. The van der Waals surface area contributed by atoms with Gasteiger partial charge in [-0.15, -0.1) is 13.2 Å². The number of rotatable bonds is 1. The second kappa shape index (κ2) is 3.83. The van der Waals surface area contributed by atoms with Crippen LogP contribution < -0.4 is 4.74 Å². The first-order valence-corrected chi connectivity index (χ1v) is 4.62.